The number of hydrogen-bond acceptors (Lipinski definition) is 5. The molecular formula is C21H23FN6O. The summed E-state index contributed by atoms with van der Waals surface area (Å²) in [5.74, 6) is 1.25. The van der Waals surface area contributed by atoms with Crippen LogP contribution < -0.4 is 10.6 Å². The van der Waals surface area contributed by atoms with Gasteiger partial charge in [-0.25, -0.2) is 9.37 Å². The minimum atomic E-state index is -0.339. The Morgan fingerprint density at radius 3 is 2.76 bits per heavy atom. The van der Waals surface area contributed by atoms with Crippen LogP contribution in [-0.2, 0) is 0 Å². The predicted molar refractivity (Wildman–Crippen MR) is 109 cm³/mol. The number of aromatic amines is 1. The Labute approximate surface area is 167 Å². The van der Waals surface area contributed by atoms with E-state index in [4.69, 9.17) is 0 Å². The molecule has 3 N–H and O–H groups in total. The number of nitrogens with one attached hydrogen (secondary N) is 3. The van der Waals surface area contributed by atoms with Gasteiger partial charge < -0.3 is 15.5 Å². The molecule has 1 saturated carbocycles. The second kappa shape index (κ2) is 7.11. The van der Waals surface area contributed by atoms with Crippen LogP contribution in [0.2, 0.25) is 0 Å². The quantitative estimate of drug-likeness (QED) is 0.633. The molecule has 0 spiro atoms. The van der Waals surface area contributed by atoms with Crippen LogP contribution in [0.1, 0.15) is 40.5 Å². The number of piperazine rings is 1. The Bertz CT molecular complexity index is 1080. The second-order valence-electron chi connectivity index (χ2n) is 7.77. The zero-order valence-electron chi connectivity index (χ0n) is 16.3. The van der Waals surface area contributed by atoms with Crippen LogP contribution in [0.15, 0.2) is 24.3 Å². The molecule has 2 aliphatic rings. The molecule has 1 aliphatic carbocycles. The van der Waals surface area contributed by atoms with Gasteiger partial charge in [0.1, 0.15) is 17.3 Å². The molecule has 1 aliphatic heterocycles. The number of benzene rings is 1. The maximum atomic E-state index is 14.0. The van der Waals surface area contributed by atoms with Crippen molar-refractivity contribution < 1.29 is 9.18 Å². The van der Waals surface area contributed by atoms with Crippen LogP contribution in [0, 0.1) is 12.7 Å². The lowest BCUT2D eigenvalue weighted by Gasteiger charge is -2.28. The molecule has 3 aromatic rings. The van der Waals surface area contributed by atoms with Gasteiger partial charge in [0.05, 0.1) is 0 Å². The molecule has 1 saturated heterocycles. The maximum Gasteiger partial charge on any atom is 0.272 e. The van der Waals surface area contributed by atoms with E-state index in [9.17, 15) is 9.18 Å². The smallest absolute Gasteiger partial charge is 0.272 e. The number of carbonyl (C=O) groups excluding carboxylic acids is 1. The summed E-state index contributed by atoms with van der Waals surface area (Å²) >= 11 is 0. The SMILES string of the molecule is Cc1c(C(=O)N2CCNCC2)nc(Nc2cc(C3CC3)[nH]n2)c2ccc(F)cc12. The van der Waals surface area contributed by atoms with Crippen LogP contribution in [0.3, 0.4) is 0 Å². The average Bonchev–Trinajstić information content (AvgIpc) is 3.49. The number of carbonyl (C=O) groups is 1. The number of halogens is 1. The highest BCUT2D eigenvalue weighted by Crippen LogP contribution is 2.40. The van der Waals surface area contributed by atoms with Gasteiger partial charge in [0, 0.05) is 49.2 Å². The number of rotatable bonds is 4. The van der Waals surface area contributed by atoms with Crippen molar-refractivity contribution in [1.82, 2.24) is 25.4 Å². The van der Waals surface area contributed by atoms with Crippen molar-refractivity contribution in [2.75, 3.05) is 31.5 Å². The van der Waals surface area contributed by atoms with Crippen LogP contribution in [0.25, 0.3) is 10.8 Å². The normalized spacial score (nSPS) is 17.0. The average molecular weight is 394 g/mol. The third-order valence-electron chi connectivity index (χ3n) is 5.69. The van der Waals surface area contributed by atoms with E-state index >= 15 is 0 Å². The van der Waals surface area contributed by atoms with E-state index < -0.39 is 0 Å². The highest BCUT2D eigenvalue weighted by Gasteiger charge is 2.26. The third kappa shape index (κ3) is 3.44. The van der Waals surface area contributed by atoms with Gasteiger partial charge in [-0.15, -0.1) is 0 Å². The van der Waals surface area contributed by atoms with Gasteiger partial charge >= 0.3 is 0 Å². The van der Waals surface area contributed by atoms with E-state index in [0.29, 0.717) is 47.3 Å². The Morgan fingerprint density at radius 2 is 2.00 bits per heavy atom. The lowest BCUT2D eigenvalue weighted by atomic mass is 10.0. The first kappa shape index (κ1) is 18.1. The summed E-state index contributed by atoms with van der Waals surface area (Å²) in [4.78, 5) is 19.6. The zero-order chi connectivity index (χ0) is 20.0. The maximum absolute atomic E-state index is 14.0. The number of pyridine rings is 1. The van der Waals surface area contributed by atoms with Crippen molar-refractivity contribution in [3.8, 4) is 0 Å². The van der Waals surface area contributed by atoms with Crippen molar-refractivity contribution in [2.24, 2.45) is 0 Å². The lowest BCUT2D eigenvalue weighted by Crippen LogP contribution is -2.46. The predicted octanol–water partition coefficient (Wildman–Crippen LogP) is 3.07. The van der Waals surface area contributed by atoms with Crippen LogP contribution >= 0.6 is 0 Å². The van der Waals surface area contributed by atoms with Crippen molar-refractivity contribution >= 4 is 28.3 Å². The first-order valence-electron chi connectivity index (χ1n) is 10.0. The minimum Gasteiger partial charge on any atom is -0.335 e. The van der Waals surface area contributed by atoms with E-state index in [1.54, 1.807) is 11.0 Å². The molecule has 150 valence electrons. The summed E-state index contributed by atoms with van der Waals surface area (Å²) in [5.41, 5.74) is 2.15. The number of nitrogens with zero attached hydrogens (tertiary/aromatic N) is 3. The van der Waals surface area contributed by atoms with E-state index in [1.807, 2.05) is 13.0 Å². The van der Waals surface area contributed by atoms with Gasteiger partial charge in [-0.1, -0.05) is 0 Å². The standard InChI is InChI=1S/C21H23FN6O/c1-12-16-10-14(22)4-5-15(16)20(24-18-11-17(26-27-18)13-2-3-13)25-19(12)21(29)28-8-6-23-7-9-28/h4-5,10-11,13,23H,2-3,6-9H2,1H3,(H2,24,25,26,27). The number of aromatic nitrogens is 3. The van der Waals surface area contributed by atoms with Crippen molar-refractivity contribution in [2.45, 2.75) is 25.7 Å². The van der Waals surface area contributed by atoms with Gasteiger partial charge in [-0.2, -0.15) is 5.10 Å². The molecule has 0 unspecified atom stereocenters. The second-order valence-corrected chi connectivity index (χ2v) is 7.77. The summed E-state index contributed by atoms with van der Waals surface area (Å²) in [5, 5.41) is 15.3. The summed E-state index contributed by atoms with van der Waals surface area (Å²) < 4.78 is 14.0. The molecule has 1 aromatic carbocycles. The van der Waals surface area contributed by atoms with Crippen LogP contribution in [-0.4, -0.2) is 52.2 Å². The van der Waals surface area contributed by atoms with E-state index in [2.05, 4.69) is 25.8 Å². The molecule has 29 heavy (non-hydrogen) atoms. The fourth-order valence-corrected chi connectivity index (χ4v) is 3.86. The molecule has 0 atom stereocenters. The minimum absolute atomic E-state index is 0.126. The van der Waals surface area contributed by atoms with Crippen molar-refractivity contribution in [3.63, 3.8) is 0 Å². The fourth-order valence-electron chi connectivity index (χ4n) is 3.86. The Hall–Kier alpha value is -3.00. The molecule has 1 amide bonds. The molecule has 0 bridgehead atoms. The lowest BCUT2D eigenvalue weighted by molar-refractivity contribution is 0.0729. The van der Waals surface area contributed by atoms with Crippen molar-refractivity contribution in [3.05, 3.63) is 47.0 Å². The first-order valence-corrected chi connectivity index (χ1v) is 10.0. The highest BCUT2D eigenvalue weighted by atomic mass is 19.1. The van der Waals surface area contributed by atoms with E-state index in [-0.39, 0.29) is 11.7 Å². The fraction of sp³-hybridized carbons (Fsp3) is 0.381. The Morgan fingerprint density at radius 1 is 1.21 bits per heavy atom. The third-order valence-corrected chi connectivity index (χ3v) is 5.69. The monoisotopic (exact) mass is 394 g/mol. The molecule has 8 heteroatoms. The van der Waals surface area contributed by atoms with Gasteiger partial charge in [0.25, 0.3) is 5.91 Å². The van der Waals surface area contributed by atoms with Gasteiger partial charge in [-0.3, -0.25) is 9.89 Å². The molecular weight excluding hydrogens is 371 g/mol. The summed E-state index contributed by atoms with van der Waals surface area (Å²) in [6, 6.07) is 6.55. The number of H-pyrrole nitrogens is 1. The molecule has 3 heterocycles. The Kier molecular flexibility index (Phi) is 4.43. The summed E-state index contributed by atoms with van der Waals surface area (Å²) in [7, 11) is 0. The van der Waals surface area contributed by atoms with Gasteiger partial charge in [0.15, 0.2) is 5.82 Å². The number of hydrogen-bond donors (Lipinski definition) is 3. The Balaban J connectivity index is 1.57. The molecule has 5 rings (SSSR count). The molecule has 0 radical (unpaired) electrons. The molecule has 2 aromatic heterocycles. The highest BCUT2D eigenvalue weighted by molar-refractivity contribution is 6.03. The van der Waals surface area contributed by atoms with Crippen LogP contribution in [0.4, 0.5) is 16.0 Å². The van der Waals surface area contributed by atoms with Crippen molar-refractivity contribution in [1.29, 1.82) is 0 Å². The van der Waals surface area contributed by atoms with Gasteiger partial charge in [0.2, 0.25) is 0 Å². The number of aryl methyl sites for hydroxylation is 1. The largest absolute Gasteiger partial charge is 0.335 e. The molecule has 2 fully saturated rings. The molecule has 7 nitrogen and oxygen atoms in total. The number of fused-ring (bicyclic) bond motifs is 1. The summed E-state index contributed by atoms with van der Waals surface area (Å²) in [6.07, 6.45) is 2.35. The number of amides is 1. The topological polar surface area (TPSA) is 85.9 Å². The van der Waals surface area contributed by atoms with Crippen LogP contribution in [0.5, 0.6) is 0 Å². The van der Waals surface area contributed by atoms with E-state index in [0.717, 1.165) is 24.2 Å². The van der Waals surface area contributed by atoms with E-state index in [1.165, 1.54) is 25.0 Å². The van der Waals surface area contributed by atoms with Gasteiger partial charge in [-0.05, 0) is 48.9 Å². The first-order chi connectivity index (χ1) is 14.1. The number of anilines is 2. The zero-order valence-corrected chi connectivity index (χ0v) is 16.3. The summed E-state index contributed by atoms with van der Waals surface area (Å²) in [6.45, 7) is 4.61.